The number of ether oxygens (including phenoxy) is 20. The lowest BCUT2D eigenvalue weighted by atomic mass is 10.1. The van der Waals surface area contributed by atoms with Crippen molar-refractivity contribution in [3.8, 4) is 97.7 Å². The Morgan fingerprint density at radius 3 is 0.839 bits per heavy atom. The third kappa shape index (κ3) is 31.3. The van der Waals surface area contributed by atoms with Crippen molar-refractivity contribution < 1.29 is 129 Å². The molecule has 8 rings (SSSR count). The van der Waals surface area contributed by atoms with Gasteiger partial charge in [-0.05, 0) is 170 Å². The van der Waals surface area contributed by atoms with Crippen LogP contribution in [-0.2, 0) is 68.8 Å². The van der Waals surface area contributed by atoms with E-state index in [1.807, 2.05) is 36.4 Å². The fourth-order valence-electron chi connectivity index (χ4n) is 9.43. The zero-order valence-electron chi connectivity index (χ0n) is 66.5. The van der Waals surface area contributed by atoms with Gasteiger partial charge in [0, 0.05) is 40.7 Å². The lowest BCUT2D eigenvalue weighted by Crippen LogP contribution is -2.26. The van der Waals surface area contributed by atoms with Gasteiger partial charge in [-0.1, -0.05) is 47.8 Å². The average molecular weight is 1760 g/mol. The number of aliphatic hydroxyl groups is 2. The Morgan fingerprint density at radius 1 is 0.321 bits per heavy atom. The highest BCUT2D eigenvalue weighted by molar-refractivity contribution is 9.10. The van der Waals surface area contributed by atoms with Gasteiger partial charge in [-0.3, -0.25) is 19.2 Å². The molecule has 0 saturated heterocycles. The van der Waals surface area contributed by atoms with Crippen molar-refractivity contribution in [1.82, 2.24) is 0 Å². The number of rotatable bonds is 33. The van der Waals surface area contributed by atoms with Crippen LogP contribution >= 0.6 is 47.8 Å². The van der Waals surface area contributed by atoms with Crippen LogP contribution in [0.2, 0.25) is 0 Å². The third-order valence-electron chi connectivity index (χ3n) is 15.1. The molecule has 0 fully saturated rings. The van der Waals surface area contributed by atoms with Crippen LogP contribution < -0.4 is 80.5 Å². The third-order valence-corrected chi connectivity index (χ3v) is 16.4. The fraction of sp³-hybridized carbons (Fsp3) is 0.354. The van der Waals surface area contributed by atoms with E-state index >= 15 is 0 Å². The lowest BCUT2D eigenvalue weighted by molar-refractivity contribution is -0.147. The molecule has 0 aliphatic heterocycles. The summed E-state index contributed by atoms with van der Waals surface area (Å²) in [5, 5.41) is 18.5. The Labute approximate surface area is 679 Å². The molecule has 0 heterocycles. The molecule has 610 valence electrons. The molecule has 8 aromatic carbocycles. The molecule has 0 radical (unpaired) electrons. The summed E-state index contributed by atoms with van der Waals surface area (Å²) in [7, 11) is 24.6. The highest BCUT2D eigenvalue weighted by atomic mass is 79.9. The van der Waals surface area contributed by atoms with Crippen molar-refractivity contribution in [2.45, 2.75) is 81.3 Å². The Hall–Kier alpha value is -10.5. The van der Waals surface area contributed by atoms with Gasteiger partial charge >= 0.3 is 17.9 Å². The van der Waals surface area contributed by atoms with Crippen LogP contribution in [0, 0.1) is 0 Å². The van der Waals surface area contributed by atoms with Crippen molar-refractivity contribution in [1.29, 1.82) is 0 Å². The van der Waals surface area contributed by atoms with E-state index in [0.29, 0.717) is 125 Å². The van der Waals surface area contributed by atoms with Gasteiger partial charge in [0.1, 0.15) is 93.6 Å². The van der Waals surface area contributed by atoms with Gasteiger partial charge in [-0.2, -0.15) is 0 Å². The Morgan fingerprint density at radius 2 is 0.580 bits per heavy atom. The number of alkyl halides is 3. The molecule has 2 N–H and O–H groups in total. The minimum Gasteiger partial charge on any atom is -0.497 e. The van der Waals surface area contributed by atoms with E-state index in [-0.39, 0.29) is 51.6 Å². The first-order valence-electron chi connectivity index (χ1n) is 33.6. The van der Waals surface area contributed by atoms with Crippen molar-refractivity contribution >= 4 is 78.3 Å². The number of methoxy groups -OCH3 is 16. The number of aldehydes is 2. The van der Waals surface area contributed by atoms with Crippen LogP contribution in [0.3, 0.4) is 0 Å². The van der Waals surface area contributed by atoms with E-state index in [1.165, 1.54) is 61.9 Å². The van der Waals surface area contributed by atoms with Gasteiger partial charge in [0.25, 0.3) is 0 Å². The van der Waals surface area contributed by atoms with E-state index in [2.05, 4.69) is 52.5 Å². The molecule has 0 aliphatic rings. The van der Waals surface area contributed by atoms with Crippen molar-refractivity contribution in [3.63, 3.8) is 0 Å². The fourth-order valence-corrected chi connectivity index (χ4v) is 9.99. The summed E-state index contributed by atoms with van der Waals surface area (Å²) >= 11 is 9.83. The summed E-state index contributed by atoms with van der Waals surface area (Å²) in [6, 6.07) is 36.8. The second-order valence-corrected chi connectivity index (χ2v) is 28.3. The van der Waals surface area contributed by atoms with E-state index in [9.17, 15) is 24.0 Å². The lowest BCUT2D eigenvalue weighted by Gasteiger charge is -2.17. The van der Waals surface area contributed by atoms with E-state index in [4.69, 9.17) is 100 Å². The Bertz CT molecular complexity index is 4010. The van der Waals surface area contributed by atoms with Crippen LogP contribution in [0.5, 0.6) is 97.7 Å². The Balaban J connectivity index is 0.000000373. The van der Waals surface area contributed by atoms with E-state index in [0.717, 1.165) is 46.0 Å². The highest BCUT2D eigenvalue weighted by Gasteiger charge is 2.27. The number of carbonyl (C=O) groups is 5. The molecule has 30 heteroatoms. The van der Waals surface area contributed by atoms with Gasteiger partial charge in [0.15, 0.2) is 34.5 Å². The molecule has 0 aromatic heterocycles. The SMILES string of the molecule is COC(=O)c1cc(OC)c(OC)c(OC)c1.COc1cc(CO)cc(OC)c1.COc1cc(CO)cc(OC)c1OC.COc1cc(COC(=O)C(C)(C)Br)cc(OC)c1OC.COc1cc(COc2cc(COC(=O)C(C)(C)Br)cc(OCc3cc(OC)cc(OC)c3)c2)cc(OC)c1.O=Cc1cc(C=O)cc(CBr)c1. The number of benzene rings is 8. The number of esters is 3. The van der Waals surface area contributed by atoms with E-state index < -0.39 is 14.6 Å². The van der Waals surface area contributed by atoms with E-state index in [1.54, 1.807) is 171 Å². The number of carbonyl (C=O) groups excluding carboxylic acids is 5. The smallest absolute Gasteiger partial charge is 0.338 e. The predicted molar refractivity (Wildman–Crippen MR) is 431 cm³/mol. The first-order valence-corrected chi connectivity index (χ1v) is 36.3. The summed E-state index contributed by atoms with van der Waals surface area (Å²) in [4.78, 5) is 56.2. The number of hydrogen-bond acceptors (Lipinski definition) is 27. The molecule has 27 nitrogen and oxygen atoms in total. The molecular formula is C82H99Br3O27. The summed E-state index contributed by atoms with van der Waals surface area (Å²) in [6.07, 6.45) is 1.47. The standard InChI is InChI=1S/C29H33BrO8.C14H19BrO5.C11H14O5.C10H14O4.C9H7BrO2.C9H12O3/c1-29(2,30)28(31)38-18-21-11-26(36-16-19-7-22(32-3)13-23(8-19)33-4)15-27(12-21)37-17-20-9-24(34-5)14-25(10-20)35-6;1-14(2,15)13(16)20-8-9-6-10(17-3)12(19-5)11(7-9)18-4;1-13-8-5-7(11(12)16-4)6-9(14-2)10(8)15-3;1-12-8-4-7(6-11)5-9(13-2)10(8)14-3;10-4-7-1-8(5-11)3-9(2-7)6-12;1-11-8-3-7(6-10)4-9(5-8)12-2/h7-15H,16-18H2,1-6H3;6-7H,8H2,1-5H3;5-6H,1-4H3;4-5,11H,6H2,1-3H3;1-3,5-6H,4H2;3-5,10H,6H2,1-2H3. The minimum absolute atomic E-state index is 0.00639. The maximum Gasteiger partial charge on any atom is 0.338 e. The average Bonchev–Trinajstić information content (AvgIpc) is 0.807. The molecule has 8 aromatic rings. The highest BCUT2D eigenvalue weighted by Crippen LogP contribution is 2.41. The summed E-state index contributed by atoms with van der Waals surface area (Å²) < 4.78 is 104. The molecule has 0 saturated carbocycles. The van der Waals surface area contributed by atoms with Gasteiger partial charge in [0.05, 0.1) is 133 Å². The second-order valence-electron chi connectivity index (χ2n) is 23.8. The first kappa shape index (κ1) is 95.7. The second kappa shape index (κ2) is 49.7. The van der Waals surface area contributed by atoms with Crippen LogP contribution in [0.1, 0.15) is 97.7 Å². The summed E-state index contributed by atoms with van der Waals surface area (Å²) in [6.45, 7) is 7.56. The minimum atomic E-state index is -0.794. The molecule has 0 bridgehead atoms. The molecule has 0 unspecified atom stereocenters. The monoisotopic (exact) mass is 1750 g/mol. The number of aliphatic hydroxyl groups excluding tert-OH is 2. The van der Waals surface area contributed by atoms with Gasteiger partial charge in [-0.15, -0.1) is 0 Å². The zero-order valence-corrected chi connectivity index (χ0v) is 71.2. The summed E-state index contributed by atoms with van der Waals surface area (Å²) in [5.41, 5.74) is 7.06. The Kier molecular flexibility index (Phi) is 42.4. The zero-order chi connectivity index (χ0) is 83.7. The van der Waals surface area contributed by atoms with Crippen LogP contribution in [0.25, 0.3) is 0 Å². The van der Waals surface area contributed by atoms with Crippen molar-refractivity contribution in [2.24, 2.45) is 0 Å². The summed E-state index contributed by atoms with van der Waals surface area (Å²) in [5.74, 6) is 8.45. The molecule has 112 heavy (non-hydrogen) atoms. The molecule has 0 spiro atoms. The number of hydrogen-bond donors (Lipinski definition) is 2. The van der Waals surface area contributed by atoms with Crippen molar-refractivity contribution in [3.05, 3.63) is 183 Å². The normalized spacial score (nSPS) is 10.3. The quantitative estimate of drug-likeness (QED) is 0.0167. The topological polar surface area (TPSA) is 310 Å². The van der Waals surface area contributed by atoms with Gasteiger partial charge in [0.2, 0.25) is 17.2 Å². The molecule has 0 amide bonds. The van der Waals surface area contributed by atoms with Crippen LogP contribution in [-0.4, -0.2) is 163 Å². The molecule has 0 atom stereocenters. The largest absolute Gasteiger partial charge is 0.497 e. The van der Waals surface area contributed by atoms with Crippen molar-refractivity contribution in [2.75, 3.05) is 114 Å². The van der Waals surface area contributed by atoms with Crippen LogP contribution in [0.4, 0.5) is 0 Å². The van der Waals surface area contributed by atoms with Crippen LogP contribution in [0.15, 0.2) is 127 Å². The molecule has 0 aliphatic carbocycles. The molecular weight excluding hydrogens is 1660 g/mol. The predicted octanol–water partition coefficient (Wildman–Crippen LogP) is 15.1. The number of halogens is 3. The van der Waals surface area contributed by atoms with Gasteiger partial charge in [-0.25, -0.2) is 4.79 Å². The van der Waals surface area contributed by atoms with Gasteiger partial charge < -0.3 is 105 Å². The first-order chi connectivity index (χ1) is 53.5. The maximum atomic E-state index is 12.3. The maximum absolute atomic E-state index is 12.3.